The molecule has 1 heterocycles. The fourth-order valence-corrected chi connectivity index (χ4v) is 2.08. The van der Waals surface area contributed by atoms with Gasteiger partial charge in [-0.05, 0) is 53.5 Å². The van der Waals surface area contributed by atoms with E-state index in [-0.39, 0.29) is 17.4 Å². The Morgan fingerprint density at radius 3 is 2.67 bits per heavy atom. The van der Waals surface area contributed by atoms with Crippen molar-refractivity contribution in [3.8, 4) is 11.8 Å². The van der Waals surface area contributed by atoms with E-state index in [1.54, 1.807) is 7.11 Å². The molecule has 6 nitrogen and oxygen atoms in total. The zero-order valence-corrected chi connectivity index (χ0v) is 14.1. The first-order chi connectivity index (χ1) is 9.97. The van der Waals surface area contributed by atoms with Crippen LogP contribution in [0, 0.1) is 0 Å². The summed E-state index contributed by atoms with van der Waals surface area (Å²) in [5.41, 5.74) is 0.757. The first-order valence-electron chi connectivity index (χ1n) is 6.16. The highest BCUT2D eigenvalue weighted by atomic mass is 79.9. The van der Waals surface area contributed by atoms with Gasteiger partial charge in [-0.1, -0.05) is 0 Å². The molecule has 21 heavy (non-hydrogen) atoms. The molecule has 0 spiro atoms. The van der Waals surface area contributed by atoms with E-state index in [2.05, 4.69) is 36.2 Å². The minimum absolute atomic E-state index is 0.0518. The number of nitrogens with zero attached hydrogens (tertiary/aromatic N) is 3. The van der Waals surface area contributed by atoms with Gasteiger partial charge in [0.2, 0.25) is 11.2 Å². The number of rotatable bonds is 5. The molecule has 0 amide bonds. The molecule has 0 fully saturated rings. The summed E-state index contributed by atoms with van der Waals surface area (Å²) in [4.78, 5) is 12.1. The van der Waals surface area contributed by atoms with E-state index in [1.807, 2.05) is 32.0 Å². The monoisotopic (exact) mass is 372 g/mol. The summed E-state index contributed by atoms with van der Waals surface area (Å²) in [7, 11) is 1.60. The molecule has 0 aliphatic heterocycles. The van der Waals surface area contributed by atoms with Gasteiger partial charge in [-0.3, -0.25) is 0 Å². The van der Waals surface area contributed by atoms with Crippen molar-refractivity contribution >= 4 is 39.2 Å². The number of halogens is 2. The molecular weight excluding hydrogens is 360 g/mol. The topological polar surface area (TPSA) is 69.2 Å². The molecule has 0 unspecified atom stereocenters. The van der Waals surface area contributed by atoms with Crippen molar-refractivity contribution in [3.63, 3.8) is 0 Å². The van der Waals surface area contributed by atoms with Crippen LogP contribution in [-0.4, -0.2) is 28.2 Å². The van der Waals surface area contributed by atoms with Gasteiger partial charge >= 0.3 is 6.01 Å². The molecule has 0 aliphatic rings. The predicted octanol–water partition coefficient (Wildman–Crippen LogP) is 3.83. The van der Waals surface area contributed by atoms with Crippen molar-refractivity contribution in [1.29, 1.82) is 0 Å². The molecule has 0 saturated heterocycles. The molecule has 1 N–H and O–H groups in total. The van der Waals surface area contributed by atoms with Crippen molar-refractivity contribution in [3.05, 3.63) is 28.0 Å². The maximum atomic E-state index is 5.87. The van der Waals surface area contributed by atoms with Gasteiger partial charge in [0.25, 0.3) is 0 Å². The SMILES string of the molecule is COc1cc(Nc2nc(Cl)nc(OC(C)C)n2)ccc1Br. The lowest BCUT2D eigenvalue weighted by molar-refractivity contribution is 0.222. The summed E-state index contributed by atoms with van der Waals surface area (Å²) in [6.07, 6.45) is -0.0518. The molecule has 0 aliphatic carbocycles. The Morgan fingerprint density at radius 1 is 1.24 bits per heavy atom. The third-order valence-electron chi connectivity index (χ3n) is 2.34. The standard InChI is InChI=1S/C13H14BrClN4O2/c1-7(2)21-13-18-11(15)17-12(19-13)16-8-4-5-9(14)10(6-8)20-3/h4-7H,1-3H3,(H,16,17,18,19). The minimum Gasteiger partial charge on any atom is -0.495 e. The number of hydrogen-bond acceptors (Lipinski definition) is 6. The summed E-state index contributed by atoms with van der Waals surface area (Å²) in [6.45, 7) is 3.76. The molecule has 1 aromatic carbocycles. The lowest BCUT2D eigenvalue weighted by Gasteiger charge is -2.11. The predicted molar refractivity (Wildman–Crippen MR) is 84.6 cm³/mol. The quantitative estimate of drug-likeness (QED) is 0.859. The molecule has 8 heteroatoms. The van der Waals surface area contributed by atoms with Gasteiger partial charge in [-0.25, -0.2) is 0 Å². The van der Waals surface area contributed by atoms with Crippen LogP contribution in [0.5, 0.6) is 11.8 Å². The number of hydrogen-bond donors (Lipinski definition) is 1. The lowest BCUT2D eigenvalue weighted by Crippen LogP contribution is -2.10. The maximum absolute atomic E-state index is 5.87. The van der Waals surface area contributed by atoms with Crippen molar-refractivity contribution in [2.75, 3.05) is 12.4 Å². The highest BCUT2D eigenvalue weighted by molar-refractivity contribution is 9.10. The van der Waals surface area contributed by atoms with E-state index in [9.17, 15) is 0 Å². The molecular formula is C13H14BrClN4O2. The van der Waals surface area contributed by atoms with Gasteiger partial charge in [0, 0.05) is 11.8 Å². The van der Waals surface area contributed by atoms with Crippen LogP contribution in [0.3, 0.4) is 0 Å². The Bertz CT molecular complexity index is 640. The van der Waals surface area contributed by atoms with E-state index < -0.39 is 0 Å². The van der Waals surface area contributed by atoms with Crippen molar-refractivity contribution in [2.24, 2.45) is 0 Å². The van der Waals surface area contributed by atoms with Crippen LogP contribution in [0.15, 0.2) is 22.7 Å². The Labute approximate surface area is 136 Å². The molecule has 0 radical (unpaired) electrons. The maximum Gasteiger partial charge on any atom is 0.322 e. The molecule has 2 rings (SSSR count). The van der Waals surface area contributed by atoms with E-state index in [0.29, 0.717) is 11.7 Å². The number of aromatic nitrogens is 3. The Hall–Kier alpha value is -1.60. The first kappa shape index (κ1) is 15.8. The zero-order valence-electron chi connectivity index (χ0n) is 11.7. The van der Waals surface area contributed by atoms with Gasteiger partial charge in [-0.2, -0.15) is 15.0 Å². The normalized spacial score (nSPS) is 10.6. The smallest absolute Gasteiger partial charge is 0.322 e. The van der Waals surface area contributed by atoms with Crippen LogP contribution in [0.25, 0.3) is 0 Å². The average molecular weight is 374 g/mol. The molecule has 1 aromatic heterocycles. The number of nitrogens with one attached hydrogen (secondary N) is 1. The van der Waals surface area contributed by atoms with Crippen LogP contribution >= 0.6 is 27.5 Å². The number of methoxy groups -OCH3 is 1. The molecule has 0 bridgehead atoms. The van der Waals surface area contributed by atoms with E-state index >= 15 is 0 Å². The Kier molecular flexibility index (Phi) is 5.19. The molecule has 2 aromatic rings. The fourth-order valence-electron chi connectivity index (χ4n) is 1.52. The average Bonchev–Trinajstić information content (AvgIpc) is 2.39. The molecule has 112 valence electrons. The summed E-state index contributed by atoms with van der Waals surface area (Å²) in [6, 6.07) is 5.70. The minimum atomic E-state index is -0.0518. The largest absolute Gasteiger partial charge is 0.495 e. The Morgan fingerprint density at radius 2 is 2.00 bits per heavy atom. The van der Waals surface area contributed by atoms with Crippen LogP contribution in [0.2, 0.25) is 5.28 Å². The third kappa shape index (κ3) is 4.44. The lowest BCUT2D eigenvalue weighted by atomic mass is 10.3. The van der Waals surface area contributed by atoms with E-state index in [1.165, 1.54) is 0 Å². The molecule has 0 atom stereocenters. The highest BCUT2D eigenvalue weighted by Gasteiger charge is 2.09. The second kappa shape index (κ2) is 6.91. The highest BCUT2D eigenvalue weighted by Crippen LogP contribution is 2.29. The van der Waals surface area contributed by atoms with Gasteiger partial charge < -0.3 is 14.8 Å². The second-order valence-corrected chi connectivity index (χ2v) is 5.54. The summed E-state index contributed by atoms with van der Waals surface area (Å²) < 4.78 is 11.5. The summed E-state index contributed by atoms with van der Waals surface area (Å²) in [5.74, 6) is 0.994. The van der Waals surface area contributed by atoms with Gasteiger partial charge in [-0.15, -0.1) is 0 Å². The number of ether oxygens (including phenoxy) is 2. The zero-order chi connectivity index (χ0) is 15.4. The van der Waals surface area contributed by atoms with Crippen LogP contribution < -0.4 is 14.8 Å². The number of anilines is 2. The third-order valence-corrected chi connectivity index (χ3v) is 3.16. The van der Waals surface area contributed by atoms with E-state index in [0.717, 1.165) is 10.2 Å². The van der Waals surface area contributed by atoms with Gasteiger partial charge in [0.05, 0.1) is 17.7 Å². The Balaban J connectivity index is 2.24. The van der Waals surface area contributed by atoms with Crippen LogP contribution in [0.1, 0.15) is 13.8 Å². The second-order valence-electron chi connectivity index (χ2n) is 4.35. The van der Waals surface area contributed by atoms with E-state index in [4.69, 9.17) is 21.1 Å². The van der Waals surface area contributed by atoms with Gasteiger partial charge in [0.15, 0.2) is 0 Å². The van der Waals surface area contributed by atoms with Crippen molar-refractivity contribution in [2.45, 2.75) is 20.0 Å². The fraction of sp³-hybridized carbons (Fsp3) is 0.308. The summed E-state index contributed by atoms with van der Waals surface area (Å²) >= 11 is 9.26. The first-order valence-corrected chi connectivity index (χ1v) is 7.34. The van der Waals surface area contributed by atoms with Crippen LogP contribution in [0.4, 0.5) is 11.6 Å². The van der Waals surface area contributed by atoms with Crippen molar-refractivity contribution < 1.29 is 9.47 Å². The van der Waals surface area contributed by atoms with Crippen molar-refractivity contribution in [1.82, 2.24) is 15.0 Å². The number of benzene rings is 1. The van der Waals surface area contributed by atoms with Gasteiger partial charge in [0.1, 0.15) is 5.75 Å². The molecule has 0 saturated carbocycles. The van der Waals surface area contributed by atoms with Crippen LogP contribution in [-0.2, 0) is 0 Å². The summed E-state index contributed by atoms with van der Waals surface area (Å²) in [5, 5.41) is 3.10.